The van der Waals surface area contributed by atoms with Gasteiger partial charge in [0.05, 0.1) is 13.2 Å². The van der Waals surface area contributed by atoms with Crippen LogP contribution in [0.4, 0.5) is 0 Å². The number of ether oxygens (including phenoxy) is 1. The van der Waals surface area contributed by atoms with E-state index in [1.165, 1.54) is 16.0 Å². The summed E-state index contributed by atoms with van der Waals surface area (Å²) >= 11 is 0. The van der Waals surface area contributed by atoms with Crippen molar-refractivity contribution in [2.45, 2.75) is 18.9 Å². The highest BCUT2D eigenvalue weighted by molar-refractivity contribution is 5.86. The number of nitrogens with zero attached hydrogens (tertiary/aromatic N) is 1. The van der Waals surface area contributed by atoms with Crippen molar-refractivity contribution < 1.29 is 19.4 Å². The Morgan fingerprint density at radius 3 is 2.45 bits per heavy atom. The minimum Gasteiger partial charge on any atom is -0.480 e. The van der Waals surface area contributed by atoms with Crippen molar-refractivity contribution in [2.75, 3.05) is 19.8 Å². The number of benzene rings is 1. The lowest BCUT2D eigenvalue weighted by Gasteiger charge is -2.34. The van der Waals surface area contributed by atoms with Gasteiger partial charge in [-0.2, -0.15) is 0 Å². The van der Waals surface area contributed by atoms with Gasteiger partial charge in [0, 0.05) is 12.5 Å². The Morgan fingerprint density at radius 1 is 1.20 bits per heavy atom. The summed E-state index contributed by atoms with van der Waals surface area (Å²) in [4.78, 5) is 25.3. The number of fused-ring (bicyclic) bond motifs is 1. The molecule has 0 saturated carbocycles. The van der Waals surface area contributed by atoms with Gasteiger partial charge in [0.1, 0.15) is 0 Å². The van der Waals surface area contributed by atoms with E-state index in [1.807, 2.05) is 24.3 Å². The molecule has 5 heteroatoms. The Bertz CT molecular complexity index is 517. The first-order chi connectivity index (χ1) is 9.66. The number of morpholine rings is 1. The molecule has 1 aromatic rings. The van der Waals surface area contributed by atoms with Crippen LogP contribution >= 0.6 is 0 Å². The Hall–Kier alpha value is -1.88. The third-order valence-electron chi connectivity index (χ3n) is 4.10. The summed E-state index contributed by atoms with van der Waals surface area (Å²) in [7, 11) is 0. The fraction of sp³-hybridized carbons (Fsp3) is 0.467. The maximum absolute atomic E-state index is 12.6. The molecule has 0 spiro atoms. The van der Waals surface area contributed by atoms with Gasteiger partial charge in [-0.25, -0.2) is 4.79 Å². The number of hydrogen-bond donors (Lipinski definition) is 1. The van der Waals surface area contributed by atoms with Crippen molar-refractivity contribution >= 4 is 11.9 Å². The number of aliphatic carboxylic acids is 1. The summed E-state index contributed by atoms with van der Waals surface area (Å²) < 4.78 is 5.17. The third kappa shape index (κ3) is 2.29. The van der Waals surface area contributed by atoms with E-state index >= 15 is 0 Å². The van der Waals surface area contributed by atoms with Crippen molar-refractivity contribution in [1.29, 1.82) is 0 Å². The minimum absolute atomic E-state index is 0.0584. The zero-order chi connectivity index (χ0) is 14.1. The summed E-state index contributed by atoms with van der Waals surface area (Å²) in [6.45, 7) is 0.860. The Balaban J connectivity index is 1.75. The molecule has 2 aliphatic rings. The molecule has 1 amide bonds. The molecule has 0 aromatic heterocycles. The molecular weight excluding hydrogens is 258 g/mol. The molecule has 1 fully saturated rings. The standard InChI is InChI=1S/C15H17NO4/c17-14(16-5-6-20-9-13(16)15(18)19)12-7-10-3-1-2-4-11(10)8-12/h1-4,12-13H,5-9H2,(H,18,19). The number of hydrogen-bond acceptors (Lipinski definition) is 3. The lowest BCUT2D eigenvalue weighted by atomic mass is 10.0. The van der Waals surface area contributed by atoms with E-state index in [0.717, 1.165) is 0 Å². The first-order valence-corrected chi connectivity index (χ1v) is 6.84. The van der Waals surface area contributed by atoms with E-state index in [0.29, 0.717) is 26.0 Å². The van der Waals surface area contributed by atoms with Gasteiger partial charge in [-0.1, -0.05) is 24.3 Å². The highest BCUT2D eigenvalue weighted by atomic mass is 16.5. The van der Waals surface area contributed by atoms with E-state index in [-0.39, 0.29) is 18.4 Å². The van der Waals surface area contributed by atoms with Gasteiger partial charge in [-0.3, -0.25) is 4.79 Å². The molecule has 106 valence electrons. The van der Waals surface area contributed by atoms with Crippen molar-refractivity contribution in [3.05, 3.63) is 35.4 Å². The van der Waals surface area contributed by atoms with Crippen LogP contribution in [0.1, 0.15) is 11.1 Å². The maximum atomic E-state index is 12.6. The molecule has 5 nitrogen and oxygen atoms in total. The van der Waals surface area contributed by atoms with Crippen LogP contribution in [0.15, 0.2) is 24.3 Å². The molecule has 1 aromatic carbocycles. The van der Waals surface area contributed by atoms with Crippen LogP contribution in [0.25, 0.3) is 0 Å². The van der Waals surface area contributed by atoms with Crippen LogP contribution < -0.4 is 0 Å². The molecule has 1 aliphatic heterocycles. The fourth-order valence-corrected chi connectivity index (χ4v) is 3.04. The van der Waals surface area contributed by atoms with E-state index in [1.54, 1.807) is 0 Å². The van der Waals surface area contributed by atoms with Crippen molar-refractivity contribution in [1.82, 2.24) is 4.90 Å². The Kier molecular flexibility index (Phi) is 3.44. The van der Waals surface area contributed by atoms with Crippen LogP contribution in [0, 0.1) is 5.92 Å². The van der Waals surface area contributed by atoms with Crippen molar-refractivity contribution in [3.63, 3.8) is 0 Å². The lowest BCUT2D eigenvalue weighted by Crippen LogP contribution is -2.54. The summed E-state index contributed by atoms with van der Waals surface area (Å²) in [5.41, 5.74) is 2.40. The number of carboxylic acids is 1. The lowest BCUT2D eigenvalue weighted by molar-refractivity contribution is -0.160. The Morgan fingerprint density at radius 2 is 1.85 bits per heavy atom. The molecule has 1 atom stereocenters. The van der Waals surface area contributed by atoms with Crippen LogP contribution in [0.3, 0.4) is 0 Å². The van der Waals surface area contributed by atoms with Crippen molar-refractivity contribution in [2.24, 2.45) is 5.92 Å². The summed E-state index contributed by atoms with van der Waals surface area (Å²) in [6, 6.07) is 7.17. The molecule has 20 heavy (non-hydrogen) atoms. The van der Waals surface area contributed by atoms with Crippen LogP contribution in [-0.2, 0) is 27.2 Å². The van der Waals surface area contributed by atoms with Gasteiger partial charge in [-0.05, 0) is 24.0 Å². The molecule has 0 radical (unpaired) electrons. The second-order valence-electron chi connectivity index (χ2n) is 5.33. The quantitative estimate of drug-likeness (QED) is 0.863. The first kappa shape index (κ1) is 13.1. The number of amides is 1. The van der Waals surface area contributed by atoms with Gasteiger partial charge in [0.2, 0.25) is 5.91 Å². The smallest absolute Gasteiger partial charge is 0.328 e. The highest BCUT2D eigenvalue weighted by Crippen LogP contribution is 2.28. The number of carbonyl (C=O) groups excluding carboxylic acids is 1. The monoisotopic (exact) mass is 275 g/mol. The normalized spacial score (nSPS) is 22.6. The topological polar surface area (TPSA) is 66.8 Å². The average Bonchev–Trinajstić information content (AvgIpc) is 2.90. The first-order valence-electron chi connectivity index (χ1n) is 6.84. The largest absolute Gasteiger partial charge is 0.480 e. The Labute approximate surface area is 117 Å². The zero-order valence-corrected chi connectivity index (χ0v) is 11.1. The minimum atomic E-state index is -0.992. The van der Waals surface area contributed by atoms with Gasteiger partial charge in [-0.15, -0.1) is 0 Å². The summed E-state index contributed by atoms with van der Waals surface area (Å²) in [5, 5.41) is 9.20. The van der Waals surface area contributed by atoms with E-state index in [4.69, 9.17) is 4.74 Å². The fourth-order valence-electron chi connectivity index (χ4n) is 3.04. The average molecular weight is 275 g/mol. The summed E-state index contributed by atoms with van der Waals surface area (Å²) in [5.74, 6) is -1.18. The molecule has 1 saturated heterocycles. The van der Waals surface area contributed by atoms with Gasteiger partial charge in [0.15, 0.2) is 6.04 Å². The number of carbonyl (C=O) groups is 2. The molecule has 1 aliphatic carbocycles. The van der Waals surface area contributed by atoms with E-state index < -0.39 is 12.0 Å². The predicted molar refractivity (Wildman–Crippen MR) is 71.3 cm³/mol. The SMILES string of the molecule is O=C(O)C1COCCN1C(=O)C1Cc2ccccc2C1. The number of rotatable bonds is 2. The summed E-state index contributed by atoms with van der Waals surface area (Å²) in [6.07, 6.45) is 1.41. The van der Waals surface area contributed by atoms with Crippen molar-refractivity contribution in [3.8, 4) is 0 Å². The molecule has 0 bridgehead atoms. The second-order valence-corrected chi connectivity index (χ2v) is 5.33. The number of carboxylic acid groups (broad SMARTS) is 1. The van der Waals surface area contributed by atoms with Gasteiger partial charge < -0.3 is 14.7 Å². The molecule has 1 N–H and O–H groups in total. The molecule has 3 rings (SSSR count). The zero-order valence-electron chi connectivity index (χ0n) is 11.1. The van der Waals surface area contributed by atoms with Crippen LogP contribution in [-0.4, -0.2) is 47.7 Å². The van der Waals surface area contributed by atoms with Gasteiger partial charge >= 0.3 is 5.97 Å². The van der Waals surface area contributed by atoms with Crippen LogP contribution in [0.5, 0.6) is 0 Å². The third-order valence-corrected chi connectivity index (χ3v) is 4.10. The molecule has 1 heterocycles. The molecule has 1 unspecified atom stereocenters. The highest BCUT2D eigenvalue weighted by Gasteiger charge is 2.37. The predicted octanol–water partition coefficient (Wildman–Crippen LogP) is 0.713. The maximum Gasteiger partial charge on any atom is 0.328 e. The van der Waals surface area contributed by atoms with Gasteiger partial charge in [0.25, 0.3) is 0 Å². The second kappa shape index (κ2) is 5.25. The van der Waals surface area contributed by atoms with Crippen LogP contribution in [0.2, 0.25) is 0 Å². The molecular formula is C15H17NO4. The van der Waals surface area contributed by atoms with E-state index in [2.05, 4.69) is 0 Å². The van der Waals surface area contributed by atoms with E-state index in [9.17, 15) is 14.7 Å².